The lowest BCUT2D eigenvalue weighted by Crippen LogP contribution is -2.24. The number of anilines is 1. The van der Waals surface area contributed by atoms with Crippen LogP contribution in [0.1, 0.15) is 10.4 Å². The second kappa shape index (κ2) is 8.17. The number of carbonyl (C=O) groups is 1. The molecule has 0 bridgehead atoms. The molecule has 0 radical (unpaired) electrons. The van der Waals surface area contributed by atoms with Crippen molar-refractivity contribution < 1.29 is 17.9 Å². The Morgan fingerprint density at radius 3 is 2.23 bits per heavy atom. The van der Waals surface area contributed by atoms with Gasteiger partial charge in [-0.2, -0.15) is 8.42 Å². The average Bonchev–Trinajstić information content (AvgIpc) is 2.61. The first-order valence-electron chi connectivity index (χ1n) is 7.39. The molecule has 0 spiro atoms. The summed E-state index contributed by atoms with van der Waals surface area (Å²) in [6.45, 7) is 0. The number of ketones is 1. The maximum atomic E-state index is 12.0. The molecule has 0 amide bonds. The zero-order valence-electron chi connectivity index (χ0n) is 13.9. The Kier molecular flexibility index (Phi) is 5.97. The maximum absolute atomic E-state index is 12.0. The van der Waals surface area contributed by atoms with Crippen LogP contribution in [0.2, 0.25) is 0 Å². The van der Waals surface area contributed by atoms with Crippen molar-refractivity contribution in [1.82, 2.24) is 0 Å². The predicted molar refractivity (Wildman–Crippen MR) is 99.5 cm³/mol. The summed E-state index contributed by atoms with van der Waals surface area (Å²) < 4.78 is 31.9. The first-order valence-corrected chi connectivity index (χ1v) is 8.83. The Morgan fingerprint density at radius 2 is 1.69 bits per heavy atom. The van der Waals surface area contributed by atoms with Gasteiger partial charge in [0.15, 0.2) is 5.78 Å². The molecule has 2 rings (SSSR count). The summed E-state index contributed by atoms with van der Waals surface area (Å²) >= 11 is 0. The molecule has 0 aliphatic rings. The number of ether oxygens (including phenoxy) is 1. The fourth-order valence-electron chi connectivity index (χ4n) is 1.98. The molecule has 0 fully saturated rings. The molecule has 5 N–H and O–H groups in total. The minimum atomic E-state index is -3.92. The molecule has 0 heterocycles. The van der Waals surface area contributed by atoms with E-state index in [2.05, 4.69) is 9.71 Å². The van der Waals surface area contributed by atoms with E-state index in [1.54, 1.807) is 31.4 Å². The van der Waals surface area contributed by atoms with Crippen molar-refractivity contribution in [3.05, 3.63) is 66.4 Å². The highest BCUT2D eigenvalue weighted by Gasteiger charge is 2.12. The van der Waals surface area contributed by atoms with E-state index in [9.17, 15) is 13.2 Å². The highest BCUT2D eigenvalue weighted by molar-refractivity contribution is 7.90. The minimum absolute atomic E-state index is 0.0465. The highest BCUT2D eigenvalue weighted by atomic mass is 32.2. The van der Waals surface area contributed by atoms with Gasteiger partial charge in [0.1, 0.15) is 5.75 Å². The summed E-state index contributed by atoms with van der Waals surface area (Å²) in [6, 6.07) is 12.5. The molecule has 2 aromatic rings. The third kappa shape index (κ3) is 5.08. The lowest BCUT2D eigenvalue weighted by molar-refractivity contribution is 0.104. The van der Waals surface area contributed by atoms with Crippen LogP contribution in [0.4, 0.5) is 5.69 Å². The molecule has 136 valence electrons. The predicted octanol–water partition coefficient (Wildman–Crippen LogP) is 1.47. The van der Waals surface area contributed by atoms with Gasteiger partial charge in [-0.1, -0.05) is 0 Å². The van der Waals surface area contributed by atoms with Gasteiger partial charge >= 0.3 is 0 Å². The topological polar surface area (TPSA) is 137 Å². The molecule has 0 aliphatic carbocycles. The molecular weight excluding hydrogens is 356 g/mol. The van der Waals surface area contributed by atoms with Crippen molar-refractivity contribution in [3.63, 3.8) is 0 Å². The molecule has 0 saturated heterocycles. The third-order valence-corrected chi connectivity index (χ3v) is 4.56. The van der Waals surface area contributed by atoms with Gasteiger partial charge in [-0.15, -0.1) is 4.40 Å². The van der Waals surface area contributed by atoms with Crippen LogP contribution < -0.4 is 21.5 Å². The number of rotatable bonds is 7. The number of allylic oxidation sites excluding steroid dienone is 1. The minimum Gasteiger partial charge on any atom is -0.497 e. The normalized spacial score (nSPS) is 11.1. The van der Waals surface area contributed by atoms with Crippen LogP contribution in [0.5, 0.6) is 5.75 Å². The fourth-order valence-corrected chi connectivity index (χ4v) is 2.84. The van der Waals surface area contributed by atoms with Crippen LogP contribution in [0, 0.1) is 0 Å². The monoisotopic (exact) mass is 374 g/mol. The van der Waals surface area contributed by atoms with Crippen LogP contribution in [0.15, 0.2) is 70.1 Å². The second-order valence-electron chi connectivity index (χ2n) is 5.09. The summed E-state index contributed by atoms with van der Waals surface area (Å²) in [6.07, 6.45) is 2.83. The lowest BCUT2D eigenvalue weighted by atomic mass is 10.1. The van der Waals surface area contributed by atoms with Gasteiger partial charge in [0.05, 0.1) is 12.0 Å². The molecule has 26 heavy (non-hydrogen) atoms. The Labute approximate surface area is 151 Å². The Morgan fingerprint density at radius 1 is 1.08 bits per heavy atom. The average molecular weight is 374 g/mol. The second-order valence-corrected chi connectivity index (χ2v) is 6.69. The molecule has 0 saturated carbocycles. The summed E-state index contributed by atoms with van der Waals surface area (Å²) in [5, 5.41) is 2.88. The summed E-state index contributed by atoms with van der Waals surface area (Å²) in [7, 11) is -2.37. The molecule has 8 nitrogen and oxygen atoms in total. The summed E-state index contributed by atoms with van der Waals surface area (Å²) in [5.74, 6) is -0.0567. The van der Waals surface area contributed by atoms with E-state index < -0.39 is 16.0 Å². The van der Waals surface area contributed by atoms with Crippen molar-refractivity contribution >= 4 is 27.5 Å². The Bertz CT molecular complexity index is 930. The number of sulfonamides is 1. The van der Waals surface area contributed by atoms with E-state index in [0.29, 0.717) is 17.0 Å². The zero-order valence-corrected chi connectivity index (χ0v) is 14.7. The van der Waals surface area contributed by atoms with Crippen LogP contribution in [-0.4, -0.2) is 27.3 Å². The number of benzene rings is 2. The van der Waals surface area contributed by atoms with E-state index in [-0.39, 0.29) is 10.7 Å². The summed E-state index contributed by atoms with van der Waals surface area (Å²) in [4.78, 5) is 12.0. The lowest BCUT2D eigenvalue weighted by Gasteiger charge is -2.03. The van der Waals surface area contributed by atoms with E-state index >= 15 is 0 Å². The SMILES string of the molecule is COc1ccc(C(=O)C=CNc2ccc(S(=O)(=O)N=C(N)N)cc2)cc1. The number of nitrogens with one attached hydrogen (secondary N) is 1. The van der Waals surface area contributed by atoms with Crippen LogP contribution in [0.25, 0.3) is 0 Å². The van der Waals surface area contributed by atoms with E-state index in [4.69, 9.17) is 16.2 Å². The smallest absolute Gasteiger partial charge is 0.285 e. The van der Waals surface area contributed by atoms with Crippen molar-refractivity contribution in [2.75, 3.05) is 12.4 Å². The van der Waals surface area contributed by atoms with E-state index in [1.807, 2.05) is 0 Å². The number of methoxy groups -OCH3 is 1. The van der Waals surface area contributed by atoms with Crippen molar-refractivity contribution in [3.8, 4) is 5.75 Å². The van der Waals surface area contributed by atoms with Crippen LogP contribution in [-0.2, 0) is 10.0 Å². The van der Waals surface area contributed by atoms with Gasteiger partial charge in [-0.25, -0.2) is 0 Å². The van der Waals surface area contributed by atoms with Gasteiger partial charge in [0.2, 0.25) is 5.96 Å². The van der Waals surface area contributed by atoms with Crippen LogP contribution >= 0.6 is 0 Å². The first-order chi connectivity index (χ1) is 12.3. The van der Waals surface area contributed by atoms with Gasteiger partial charge in [-0.3, -0.25) is 4.79 Å². The van der Waals surface area contributed by atoms with E-state index in [1.165, 1.54) is 36.5 Å². The number of nitrogens with two attached hydrogens (primary N) is 2. The zero-order chi connectivity index (χ0) is 19.2. The number of carbonyl (C=O) groups excluding carboxylic acids is 1. The standard InChI is InChI=1S/C17H18N4O4S/c1-25-14-6-2-12(3-7-14)16(22)10-11-20-13-4-8-15(9-5-13)26(23,24)21-17(18)19/h2-11,20H,1H3,(H4,18,19,21). The Balaban J connectivity index is 2.02. The van der Waals surface area contributed by atoms with E-state index in [0.717, 1.165) is 0 Å². The maximum Gasteiger partial charge on any atom is 0.285 e. The molecule has 0 atom stereocenters. The third-order valence-electron chi connectivity index (χ3n) is 3.24. The number of hydrogen-bond acceptors (Lipinski definition) is 5. The Hall–Kier alpha value is -3.33. The molecular formula is C17H18N4O4S. The van der Waals surface area contributed by atoms with Crippen molar-refractivity contribution in [1.29, 1.82) is 0 Å². The van der Waals surface area contributed by atoms with Gasteiger partial charge in [0, 0.05) is 23.5 Å². The number of nitrogens with zero attached hydrogens (tertiary/aromatic N) is 1. The fraction of sp³-hybridized carbons (Fsp3) is 0.0588. The molecule has 0 unspecified atom stereocenters. The molecule has 2 aromatic carbocycles. The highest BCUT2D eigenvalue weighted by Crippen LogP contribution is 2.16. The molecule has 0 aromatic heterocycles. The van der Waals surface area contributed by atoms with Gasteiger partial charge in [-0.05, 0) is 48.5 Å². The molecule has 0 aliphatic heterocycles. The summed E-state index contributed by atoms with van der Waals surface area (Å²) in [5.41, 5.74) is 11.3. The van der Waals surface area contributed by atoms with Crippen molar-refractivity contribution in [2.24, 2.45) is 15.9 Å². The molecule has 9 heteroatoms. The van der Waals surface area contributed by atoms with Crippen LogP contribution in [0.3, 0.4) is 0 Å². The number of guanidine groups is 1. The largest absolute Gasteiger partial charge is 0.497 e. The van der Waals surface area contributed by atoms with Gasteiger partial charge in [0.25, 0.3) is 10.0 Å². The van der Waals surface area contributed by atoms with Crippen molar-refractivity contribution in [2.45, 2.75) is 4.90 Å². The van der Waals surface area contributed by atoms with Gasteiger partial charge < -0.3 is 21.5 Å². The number of hydrogen-bond donors (Lipinski definition) is 3. The quantitative estimate of drug-likeness (QED) is 0.289. The first kappa shape index (κ1) is 19.0.